The number of carbonyl (C=O) groups is 1. The summed E-state index contributed by atoms with van der Waals surface area (Å²) in [6.45, 7) is 1.74. The highest BCUT2D eigenvalue weighted by molar-refractivity contribution is 6.00. The summed E-state index contributed by atoms with van der Waals surface area (Å²) in [6.07, 6.45) is 2.63. The van der Waals surface area contributed by atoms with E-state index in [4.69, 9.17) is 0 Å². The van der Waals surface area contributed by atoms with Crippen molar-refractivity contribution >= 4 is 16.7 Å². The molecule has 2 aromatic rings. The summed E-state index contributed by atoms with van der Waals surface area (Å²) in [5.41, 5.74) is 1.67. The number of hydrogen-bond donors (Lipinski definition) is 1. The van der Waals surface area contributed by atoms with Gasteiger partial charge in [0.05, 0.1) is 5.52 Å². The molecule has 1 N–H and O–H groups in total. The van der Waals surface area contributed by atoms with E-state index in [2.05, 4.69) is 10.3 Å². The van der Waals surface area contributed by atoms with E-state index >= 15 is 0 Å². The summed E-state index contributed by atoms with van der Waals surface area (Å²) in [5, 5.41) is 4.25. The number of para-hydroxylation sites is 1. The molecule has 0 radical (unpaired) electrons. The lowest BCUT2D eigenvalue weighted by molar-refractivity contribution is 0.0930. The molecule has 2 heterocycles. The monoisotopic (exact) mass is 226 g/mol. The average molecular weight is 226 g/mol. The van der Waals surface area contributed by atoms with E-state index in [9.17, 15) is 4.79 Å². The molecule has 1 aromatic heterocycles. The molecule has 1 atom stereocenters. The topological polar surface area (TPSA) is 42.0 Å². The average Bonchev–Trinajstić information content (AvgIpc) is 2.91. The third-order valence-corrected chi connectivity index (χ3v) is 3.31. The van der Waals surface area contributed by atoms with Gasteiger partial charge in [0.15, 0.2) is 5.78 Å². The molecule has 86 valence electrons. The molecule has 1 aromatic carbocycles. The number of pyridine rings is 1. The first-order valence-electron chi connectivity index (χ1n) is 5.94. The molecule has 0 bridgehead atoms. The van der Waals surface area contributed by atoms with E-state index in [-0.39, 0.29) is 11.7 Å². The lowest BCUT2D eigenvalue weighted by atomic mass is 9.97. The van der Waals surface area contributed by atoms with Crippen LogP contribution in [0.25, 0.3) is 10.9 Å². The van der Waals surface area contributed by atoms with Crippen molar-refractivity contribution in [2.24, 2.45) is 5.92 Å². The molecule has 1 aliphatic rings. The minimum Gasteiger partial charge on any atom is -0.316 e. The minimum absolute atomic E-state index is 0.123. The van der Waals surface area contributed by atoms with Crippen LogP contribution in [0.3, 0.4) is 0 Å². The molecule has 3 heteroatoms. The van der Waals surface area contributed by atoms with Gasteiger partial charge in [0.1, 0.15) is 0 Å². The zero-order valence-corrected chi connectivity index (χ0v) is 9.52. The molecule has 3 rings (SSSR count). The Morgan fingerprint density at radius 2 is 2.24 bits per heavy atom. The van der Waals surface area contributed by atoms with Crippen LogP contribution >= 0.6 is 0 Å². The normalized spacial score (nSPS) is 19.6. The van der Waals surface area contributed by atoms with Crippen molar-refractivity contribution < 1.29 is 4.79 Å². The first-order valence-corrected chi connectivity index (χ1v) is 5.94. The number of aromatic nitrogens is 1. The summed E-state index contributed by atoms with van der Waals surface area (Å²) >= 11 is 0. The Balaban J connectivity index is 1.97. The zero-order chi connectivity index (χ0) is 11.7. The second kappa shape index (κ2) is 4.26. The van der Waals surface area contributed by atoms with Crippen LogP contribution in [0.5, 0.6) is 0 Å². The first-order chi connectivity index (χ1) is 8.34. The lowest BCUT2D eigenvalue weighted by Gasteiger charge is -2.07. The van der Waals surface area contributed by atoms with Crippen LogP contribution in [0, 0.1) is 5.92 Å². The molecule has 0 amide bonds. The number of Topliss-reactive ketones (excluding diaryl/α,β-unsaturated/α-hetero) is 1. The molecule has 1 aliphatic heterocycles. The van der Waals surface area contributed by atoms with Crippen molar-refractivity contribution in [1.29, 1.82) is 0 Å². The van der Waals surface area contributed by atoms with Crippen molar-refractivity contribution in [3.63, 3.8) is 0 Å². The van der Waals surface area contributed by atoms with Crippen LogP contribution in [0.2, 0.25) is 0 Å². The molecular weight excluding hydrogens is 212 g/mol. The number of hydrogen-bond acceptors (Lipinski definition) is 3. The van der Waals surface area contributed by atoms with Crippen LogP contribution in [0.4, 0.5) is 0 Å². The summed E-state index contributed by atoms with van der Waals surface area (Å²) in [6, 6.07) is 9.82. The van der Waals surface area contributed by atoms with E-state index in [0.717, 1.165) is 36.0 Å². The molecule has 0 saturated carbocycles. The second-order valence-electron chi connectivity index (χ2n) is 4.47. The summed E-state index contributed by atoms with van der Waals surface area (Å²) in [7, 11) is 0. The number of ketones is 1. The molecule has 3 nitrogen and oxygen atoms in total. The molecule has 0 aliphatic carbocycles. The maximum atomic E-state index is 12.2. The Morgan fingerprint density at radius 3 is 3.06 bits per heavy atom. The van der Waals surface area contributed by atoms with Crippen LogP contribution in [0.15, 0.2) is 36.5 Å². The van der Waals surface area contributed by atoms with Gasteiger partial charge >= 0.3 is 0 Å². The van der Waals surface area contributed by atoms with Crippen molar-refractivity contribution in [3.05, 3.63) is 42.1 Å². The van der Waals surface area contributed by atoms with Gasteiger partial charge in [-0.1, -0.05) is 18.2 Å². The van der Waals surface area contributed by atoms with E-state index in [1.807, 2.05) is 30.3 Å². The fourth-order valence-corrected chi connectivity index (χ4v) is 2.32. The fourth-order valence-electron chi connectivity index (χ4n) is 2.32. The number of carbonyl (C=O) groups excluding carboxylic acids is 1. The maximum absolute atomic E-state index is 12.2. The van der Waals surface area contributed by atoms with E-state index in [1.54, 1.807) is 6.20 Å². The van der Waals surface area contributed by atoms with Crippen molar-refractivity contribution in [2.75, 3.05) is 13.1 Å². The van der Waals surface area contributed by atoms with E-state index in [1.165, 1.54) is 0 Å². The van der Waals surface area contributed by atoms with Gasteiger partial charge in [-0.25, -0.2) is 0 Å². The Labute approximate surface area is 99.9 Å². The molecule has 17 heavy (non-hydrogen) atoms. The molecule has 1 unspecified atom stereocenters. The zero-order valence-electron chi connectivity index (χ0n) is 9.52. The highest BCUT2D eigenvalue weighted by Crippen LogP contribution is 2.18. The van der Waals surface area contributed by atoms with Gasteiger partial charge in [0.25, 0.3) is 0 Å². The molecular formula is C14H14N2O. The summed E-state index contributed by atoms with van der Waals surface area (Å²) in [4.78, 5) is 16.5. The van der Waals surface area contributed by atoms with Crippen LogP contribution in [-0.2, 0) is 0 Å². The standard InChI is InChI=1S/C14H14N2O/c17-14(11-5-6-15-8-11)12-7-10-3-1-2-4-13(10)16-9-12/h1-4,7,9,11,15H,5-6,8H2. The molecule has 1 saturated heterocycles. The SMILES string of the molecule is O=C(c1cnc2ccccc2c1)C1CCNC1. The van der Waals surface area contributed by atoms with Gasteiger partial charge in [-0.2, -0.15) is 0 Å². The second-order valence-corrected chi connectivity index (χ2v) is 4.47. The number of nitrogens with zero attached hydrogens (tertiary/aromatic N) is 1. The van der Waals surface area contributed by atoms with Gasteiger partial charge in [-0.05, 0) is 25.1 Å². The third-order valence-electron chi connectivity index (χ3n) is 3.31. The van der Waals surface area contributed by atoms with Crippen molar-refractivity contribution in [3.8, 4) is 0 Å². The summed E-state index contributed by atoms with van der Waals surface area (Å²) < 4.78 is 0. The third kappa shape index (κ3) is 1.94. The van der Waals surface area contributed by atoms with E-state index in [0.29, 0.717) is 0 Å². The highest BCUT2D eigenvalue weighted by Gasteiger charge is 2.23. The van der Waals surface area contributed by atoms with Crippen LogP contribution < -0.4 is 5.32 Å². The predicted octanol–water partition coefficient (Wildman–Crippen LogP) is 2.03. The van der Waals surface area contributed by atoms with Gasteiger partial charge < -0.3 is 5.32 Å². The van der Waals surface area contributed by atoms with Gasteiger partial charge in [-0.3, -0.25) is 9.78 Å². The minimum atomic E-state index is 0.123. The lowest BCUT2D eigenvalue weighted by Crippen LogP contribution is -2.18. The number of benzene rings is 1. The van der Waals surface area contributed by atoms with Gasteiger partial charge in [-0.15, -0.1) is 0 Å². The smallest absolute Gasteiger partial charge is 0.168 e. The van der Waals surface area contributed by atoms with Crippen molar-refractivity contribution in [1.82, 2.24) is 10.3 Å². The summed E-state index contributed by atoms with van der Waals surface area (Å²) in [5.74, 6) is 0.339. The quantitative estimate of drug-likeness (QED) is 0.797. The number of fused-ring (bicyclic) bond motifs is 1. The van der Waals surface area contributed by atoms with Gasteiger partial charge in [0.2, 0.25) is 0 Å². The molecule has 0 spiro atoms. The maximum Gasteiger partial charge on any atom is 0.168 e. The Bertz CT molecular complexity index is 559. The van der Waals surface area contributed by atoms with Crippen LogP contribution in [0.1, 0.15) is 16.8 Å². The Kier molecular flexibility index (Phi) is 2.61. The fraction of sp³-hybridized carbons (Fsp3) is 0.286. The Hall–Kier alpha value is -1.74. The Morgan fingerprint density at radius 1 is 1.35 bits per heavy atom. The number of rotatable bonds is 2. The van der Waals surface area contributed by atoms with Crippen LogP contribution in [-0.4, -0.2) is 23.9 Å². The first kappa shape index (κ1) is 10.4. The van der Waals surface area contributed by atoms with E-state index < -0.39 is 0 Å². The molecule has 1 fully saturated rings. The predicted molar refractivity (Wildman–Crippen MR) is 67.1 cm³/mol. The highest BCUT2D eigenvalue weighted by atomic mass is 16.1. The van der Waals surface area contributed by atoms with Gasteiger partial charge in [0, 0.05) is 29.6 Å². The largest absolute Gasteiger partial charge is 0.316 e. The number of nitrogens with one attached hydrogen (secondary N) is 1. The van der Waals surface area contributed by atoms with Crippen molar-refractivity contribution in [2.45, 2.75) is 6.42 Å².